The maximum absolute atomic E-state index is 13.5. The zero-order valence-corrected chi connectivity index (χ0v) is 45.7. The number of rotatable bonds is 13. The number of nitrogens with zero attached hydrogens (tertiary/aromatic N) is 5. The van der Waals surface area contributed by atoms with E-state index >= 15 is 0 Å². The summed E-state index contributed by atoms with van der Waals surface area (Å²) in [5.41, 5.74) is 3.47. The van der Waals surface area contributed by atoms with Gasteiger partial charge < -0.3 is 30.1 Å². The van der Waals surface area contributed by atoms with Crippen LogP contribution in [0.1, 0.15) is 107 Å². The van der Waals surface area contributed by atoms with Crippen LogP contribution in [0.2, 0.25) is 0 Å². The number of fused-ring (bicyclic) bond motifs is 2. The van der Waals surface area contributed by atoms with Gasteiger partial charge in [-0.05, 0) is 150 Å². The first kappa shape index (κ1) is 58.9. The summed E-state index contributed by atoms with van der Waals surface area (Å²) in [6, 6.07) is 28.5. The number of carbonyl (C=O) groups is 4. The second-order valence-corrected chi connectivity index (χ2v) is 21.1. The molecule has 15 nitrogen and oxygen atoms in total. The van der Waals surface area contributed by atoms with Crippen molar-refractivity contribution in [2.24, 2.45) is 0 Å². The third-order valence-corrected chi connectivity index (χ3v) is 12.5. The third-order valence-electron chi connectivity index (χ3n) is 12.5. The maximum Gasteiger partial charge on any atom is 0.389 e. The minimum absolute atomic E-state index is 0.0245. The number of benzene rings is 4. The average Bonchev–Trinajstić information content (AvgIpc) is 3.92. The first-order valence-corrected chi connectivity index (χ1v) is 25.7. The second kappa shape index (κ2) is 23.5. The molecular formula is C60H56F7N9O6. The van der Waals surface area contributed by atoms with E-state index in [-0.39, 0.29) is 62.7 Å². The molecule has 9 rings (SSSR count). The molecule has 0 atom stereocenters. The fourth-order valence-corrected chi connectivity index (χ4v) is 8.82. The van der Waals surface area contributed by atoms with Crippen LogP contribution in [0.15, 0.2) is 130 Å². The molecule has 0 bridgehead atoms. The van der Waals surface area contributed by atoms with Gasteiger partial charge in [0.15, 0.2) is 0 Å². The lowest BCUT2D eigenvalue weighted by molar-refractivity contribution is -0.135. The van der Waals surface area contributed by atoms with Gasteiger partial charge in [-0.1, -0.05) is 29.5 Å². The molecule has 4 N–H and O–H groups in total. The van der Waals surface area contributed by atoms with Crippen molar-refractivity contribution in [2.75, 3.05) is 14.1 Å². The number of hydrogen-bond acceptors (Lipinski definition) is 10. The maximum atomic E-state index is 13.5. The molecule has 426 valence electrons. The summed E-state index contributed by atoms with van der Waals surface area (Å²) in [7, 11) is 2.90. The SMILES string of the molecule is CNC(=O)c1c(-c2ccc(-n3ccnn3)cc2)oc2nc(CCC(F)(F)F)c(-c3cccc(C(=O)NC(C)(C)C)c3)cc12.CNC(=O)c1c(-c2ccc(F)cc2)oc2nc(CCC(F)(F)F)c(-c3cccc(C(=O)NC(C)(C)C)c3)cc12. The highest BCUT2D eigenvalue weighted by molar-refractivity contribution is 6.12. The van der Waals surface area contributed by atoms with Crippen LogP contribution in [0.5, 0.6) is 0 Å². The van der Waals surface area contributed by atoms with Gasteiger partial charge in [-0.15, -0.1) is 5.10 Å². The second-order valence-electron chi connectivity index (χ2n) is 21.1. The molecule has 0 aliphatic rings. The van der Waals surface area contributed by atoms with E-state index in [2.05, 4.69) is 41.5 Å². The van der Waals surface area contributed by atoms with E-state index < -0.39 is 66.7 Å². The average molecular weight is 1130 g/mol. The van der Waals surface area contributed by atoms with Crippen molar-refractivity contribution in [3.05, 3.63) is 161 Å². The van der Waals surface area contributed by atoms with Crippen molar-refractivity contribution in [1.82, 2.24) is 46.2 Å². The fourth-order valence-electron chi connectivity index (χ4n) is 8.82. The molecule has 5 heterocycles. The van der Waals surface area contributed by atoms with Gasteiger partial charge >= 0.3 is 12.4 Å². The van der Waals surface area contributed by atoms with Crippen LogP contribution in [-0.2, 0) is 12.8 Å². The predicted octanol–water partition coefficient (Wildman–Crippen LogP) is 12.8. The van der Waals surface area contributed by atoms with E-state index in [1.54, 1.807) is 102 Å². The largest absolute Gasteiger partial charge is 0.437 e. The van der Waals surface area contributed by atoms with Crippen molar-refractivity contribution in [1.29, 1.82) is 0 Å². The Labute approximate surface area is 465 Å². The Balaban J connectivity index is 0.000000216. The van der Waals surface area contributed by atoms with Crippen LogP contribution in [-0.4, -0.2) is 86.1 Å². The Morgan fingerprint density at radius 2 is 0.951 bits per heavy atom. The number of hydrogen-bond donors (Lipinski definition) is 4. The van der Waals surface area contributed by atoms with Gasteiger partial charge in [0.2, 0.25) is 11.4 Å². The number of amides is 4. The lowest BCUT2D eigenvalue weighted by Crippen LogP contribution is -2.40. The van der Waals surface area contributed by atoms with Gasteiger partial charge in [0.05, 0.1) is 51.4 Å². The lowest BCUT2D eigenvalue weighted by atomic mass is 9.96. The smallest absolute Gasteiger partial charge is 0.389 e. The summed E-state index contributed by atoms with van der Waals surface area (Å²) < 4.78 is 107. The van der Waals surface area contributed by atoms with Crippen LogP contribution in [0.4, 0.5) is 30.7 Å². The molecule has 9 aromatic rings. The highest BCUT2D eigenvalue weighted by atomic mass is 19.4. The summed E-state index contributed by atoms with van der Waals surface area (Å²) in [4.78, 5) is 60.7. The minimum atomic E-state index is -4.43. The number of aromatic nitrogens is 5. The molecular weight excluding hydrogens is 1080 g/mol. The zero-order chi connectivity index (χ0) is 59.5. The summed E-state index contributed by atoms with van der Waals surface area (Å²) >= 11 is 0. The summed E-state index contributed by atoms with van der Waals surface area (Å²) in [5.74, 6) is -1.81. The van der Waals surface area contributed by atoms with Crippen LogP contribution in [0.3, 0.4) is 0 Å². The van der Waals surface area contributed by atoms with Gasteiger partial charge in [-0.3, -0.25) is 19.2 Å². The quantitative estimate of drug-likeness (QED) is 0.0806. The molecule has 0 spiro atoms. The number of furan rings is 2. The molecule has 0 aliphatic carbocycles. The van der Waals surface area contributed by atoms with E-state index in [0.717, 1.165) is 5.69 Å². The molecule has 0 saturated heterocycles. The van der Waals surface area contributed by atoms with Crippen LogP contribution >= 0.6 is 0 Å². The summed E-state index contributed by atoms with van der Waals surface area (Å²) in [6.45, 7) is 11.0. The van der Waals surface area contributed by atoms with Crippen molar-refractivity contribution in [2.45, 2.75) is 90.7 Å². The molecule has 0 aliphatic heterocycles. The van der Waals surface area contributed by atoms with E-state index in [9.17, 15) is 49.9 Å². The minimum Gasteiger partial charge on any atom is -0.437 e. The first-order valence-electron chi connectivity index (χ1n) is 25.7. The number of carbonyl (C=O) groups excluding carboxylic acids is 4. The third kappa shape index (κ3) is 14.2. The monoisotopic (exact) mass is 1130 g/mol. The van der Waals surface area contributed by atoms with E-state index in [0.29, 0.717) is 49.9 Å². The van der Waals surface area contributed by atoms with Crippen LogP contribution in [0.25, 0.3) is 72.8 Å². The van der Waals surface area contributed by atoms with Gasteiger partial charge in [-0.25, -0.2) is 19.0 Å². The Hall–Kier alpha value is -9.21. The predicted molar refractivity (Wildman–Crippen MR) is 295 cm³/mol. The highest BCUT2D eigenvalue weighted by Crippen LogP contribution is 2.40. The molecule has 0 saturated carbocycles. The van der Waals surface area contributed by atoms with Gasteiger partial charge in [0.1, 0.15) is 17.3 Å². The van der Waals surface area contributed by atoms with E-state index in [1.165, 1.54) is 38.4 Å². The molecule has 0 unspecified atom stereocenters. The van der Waals surface area contributed by atoms with Gasteiger partial charge in [0, 0.05) is 71.4 Å². The number of pyridine rings is 2. The highest BCUT2D eigenvalue weighted by Gasteiger charge is 2.32. The van der Waals surface area contributed by atoms with Crippen molar-refractivity contribution in [3.8, 4) is 50.6 Å². The van der Waals surface area contributed by atoms with Crippen molar-refractivity contribution < 1.29 is 58.7 Å². The van der Waals surface area contributed by atoms with Crippen LogP contribution in [0, 0.1) is 5.82 Å². The van der Waals surface area contributed by atoms with Crippen molar-refractivity contribution >= 4 is 45.8 Å². The first-order chi connectivity index (χ1) is 38.6. The normalized spacial score (nSPS) is 12.0. The van der Waals surface area contributed by atoms with Crippen LogP contribution < -0.4 is 21.3 Å². The zero-order valence-electron chi connectivity index (χ0n) is 45.7. The number of alkyl halides is 6. The molecule has 5 aromatic heterocycles. The number of aryl methyl sites for hydroxylation is 2. The van der Waals surface area contributed by atoms with E-state index in [4.69, 9.17) is 8.83 Å². The Morgan fingerprint density at radius 3 is 1.32 bits per heavy atom. The van der Waals surface area contributed by atoms with Gasteiger partial charge in [0.25, 0.3) is 23.6 Å². The lowest BCUT2D eigenvalue weighted by Gasteiger charge is -2.20. The molecule has 0 radical (unpaired) electrons. The molecule has 4 amide bonds. The Bertz CT molecular complexity index is 3820. The standard InChI is InChI=1S/C31H29F3N6O3.C29H27F4N3O3/c1-30(2,3)38-27(41)20-7-5-6-19(16-20)22-17-23-25(28(42)35-4)26(43-29(23)37-24(22)12-13-31(32,33)34)18-8-10-21(11-9-18)40-15-14-36-39-40;1-28(2,3)36-25(37)18-7-5-6-17(14-18)20-15-21-23(26(38)34-4)24(16-8-10-19(30)11-9-16)39-27(21)35-22(20)12-13-29(31,32)33/h5-11,14-17H,12-13H2,1-4H3,(H,35,42)(H,38,41);5-11,14-15H,12-13H2,1-4H3,(H,34,38)(H,36,37). The summed E-state index contributed by atoms with van der Waals surface area (Å²) in [6.07, 6.45) is -8.74. The number of nitrogens with one attached hydrogen (secondary N) is 4. The van der Waals surface area contributed by atoms with E-state index in [1.807, 2.05) is 41.5 Å². The topological polar surface area (TPSA) is 199 Å². The molecule has 4 aromatic carbocycles. The van der Waals surface area contributed by atoms with Gasteiger partial charge in [-0.2, -0.15) is 26.3 Å². The number of halogens is 7. The molecule has 82 heavy (non-hydrogen) atoms. The molecule has 0 fully saturated rings. The Morgan fingerprint density at radius 1 is 0.537 bits per heavy atom. The fraction of sp³-hybridized carbons (Fsp3) is 0.267. The Kier molecular flexibility index (Phi) is 16.9. The summed E-state index contributed by atoms with van der Waals surface area (Å²) in [5, 5.41) is 19.3. The van der Waals surface area contributed by atoms with Crippen molar-refractivity contribution in [3.63, 3.8) is 0 Å². The molecule has 22 heteroatoms.